The molecule has 1 heterocycles. The molecule has 0 aliphatic heterocycles. The monoisotopic (exact) mass is 438 g/mol. The van der Waals surface area contributed by atoms with Crippen LogP contribution in [0.15, 0.2) is 95.8 Å². The molecule has 0 atom stereocenters. The summed E-state index contributed by atoms with van der Waals surface area (Å²) in [6, 6.07) is 26.7. The van der Waals surface area contributed by atoms with Gasteiger partial charge in [0.05, 0.1) is 5.69 Å². The normalized spacial score (nSPS) is 10.5. The first-order chi connectivity index (χ1) is 16.0. The van der Waals surface area contributed by atoms with Gasteiger partial charge >= 0.3 is 0 Å². The van der Waals surface area contributed by atoms with Crippen molar-refractivity contribution in [1.29, 1.82) is 0 Å². The molecule has 0 aliphatic rings. The summed E-state index contributed by atoms with van der Waals surface area (Å²) in [5, 5.41) is 9.80. The minimum atomic E-state index is -0.571. The van der Waals surface area contributed by atoms with Gasteiger partial charge in [-0.2, -0.15) is 5.10 Å². The lowest BCUT2D eigenvalue weighted by Crippen LogP contribution is -2.32. The second-order valence-electron chi connectivity index (χ2n) is 7.51. The van der Waals surface area contributed by atoms with Crippen LogP contribution in [0.4, 0.5) is 11.4 Å². The second kappa shape index (κ2) is 9.74. The summed E-state index contributed by atoms with van der Waals surface area (Å²) in [5.74, 6) is -0.826. The number of carbonyl (C=O) groups excluding carboxylic acids is 2. The molecular formula is C26H22N4O3. The van der Waals surface area contributed by atoms with Crippen LogP contribution in [0, 0.1) is 6.92 Å². The lowest BCUT2D eigenvalue weighted by molar-refractivity contribution is -0.117. The Morgan fingerprint density at radius 3 is 2.15 bits per heavy atom. The van der Waals surface area contributed by atoms with E-state index in [1.807, 2.05) is 49.4 Å². The largest absolute Gasteiger partial charge is 0.324 e. The molecule has 2 amide bonds. The number of carbonyl (C=O) groups is 2. The summed E-state index contributed by atoms with van der Waals surface area (Å²) in [7, 11) is 0. The van der Waals surface area contributed by atoms with Crippen LogP contribution < -0.4 is 16.2 Å². The molecule has 2 N–H and O–H groups in total. The number of benzene rings is 3. The van der Waals surface area contributed by atoms with Crippen molar-refractivity contribution in [3.05, 3.63) is 112 Å². The average Bonchev–Trinajstić information content (AvgIpc) is 2.84. The standard InChI is InChI=1S/C26H22N4O3/c1-18-12-14-21(15-13-18)27-24(31)17-30-26(33)23(28-25(32)20-10-6-3-7-11-20)16-22(29-30)19-8-4-2-5-9-19/h2-16H,17H2,1H3,(H,27,31)(H,28,32). The van der Waals surface area contributed by atoms with E-state index >= 15 is 0 Å². The van der Waals surface area contributed by atoms with Gasteiger partial charge in [0.25, 0.3) is 11.5 Å². The number of hydrogen-bond acceptors (Lipinski definition) is 4. The van der Waals surface area contributed by atoms with Crippen LogP contribution in [-0.4, -0.2) is 21.6 Å². The third-order valence-electron chi connectivity index (χ3n) is 4.96. The zero-order valence-electron chi connectivity index (χ0n) is 18.0. The number of aromatic nitrogens is 2. The van der Waals surface area contributed by atoms with Crippen molar-refractivity contribution in [1.82, 2.24) is 9.78 Å². The lowest BCUT2D eigenvalue weighted by Gasteiger charge is -2.12. The molecule has 4 aromatic rings. The van der Waals surface area contributed by atoms with Crippen LogP contribution in [0.3, 0.4) is 0 Å². The van der Waals surface area contributed by atoms with Gasteiger partial charge in [0, 0.05) is 16.8 Å². The predicted molar refractivity (Wildman–Crippen MR) is 128 cm³/mol. The maximum Gasteiger partial charge on any atom is 0.291 e. The van der Waals surface area contributed by atoms with E-state index in [0.717, 1.165) is 15.8 Å². The van der Waals surface area contributed by atoms with E-state index in [0.29, 0.717) is 16.9 Å². The summed E-state index contributed by atoms with van der Waals surface area (Å²) >= 11 is 0. The quantitative estimate of drug-likeness (QED) is 0.474. The molecule has 3 aromatic carbocycles. The highest BCUT2D eigenvalue weighted by Gasteiger charge is 2.15. The third kappa shape index (κ3) is 5.40. The van der Waals surface area contributed by atoms with Crippen molar-refractivity contribution in [2.75, 3.05) is 10.6 Å². The predicted octanol–water partition coefficient (Wildman–Crippen LogP) is 4.11. The number of amides is 2. The minimum absolute atomic E-state index is 0.0424. The van der Waals surface area contributed by atoms with Crippen LogP contribution in [0.25, 0.3) is 11.3 Å². The van der Waals surface area contributed by atoms with Crippen LogP contribution in [0.5, 0.6) is 0 Å². The molecular weight excluding hydrogens is 416 g/mol. The van der Waals surface area contributed by atoms with Gasteiger partial charge in [-0.25, -0.2) is 4.68 Å². The zero-order chi connectivity index (χ0) is 23.2. The first-order valence-corrected chi connectivity index (χ1v) is 10.4. The number of nitrogens with zero attached hydrogens (tertiary/aromatic N) is 2. The first-order valence-electron chi connectivity index (χ1n) is 10.4. The van der Waals surface area contributed by atoms with E-state index in [2.05, 4.69) is 15.7 Å². The minimum Gasteiger partial charge on any atom is -0.324 e. The van der Waals surface area contributed by atoms with Gasteiger partial charge in [0.1, 0.15) is 12.2 Å². The van der Waals surface area contributed by atoms with Crippen molar-refractivity contribution in [3.8, 4) is 11.3 Å². The average molecular weight is 438 g/mol. The van der Waals surface area contributed by atoms with Crippen molar-refractivity contribution >= 4 is 23.2 Å². The number of nitrogens with one attached hydrogen (secondary N) is 2. The molecule has 0 saturated carbocycles. The van der Waals surface area contributed by atoms with E-state index in [9.17, 15) is 14.4 Å². The Kier molecular flexibility index (Phi) is 6.40. The Bertz CT molecular complexity index is 1330. The van der Waals surface area contributed by atoms with Gasteiger partial charge in [-0.05, 0) is 37.3 Å². The van der Waals surface area contributed by atoms with Gasteiger partial charge < -0.3 is 10.6 Å². The Hall–Kier alpha value is -4.52. The van der Waals surface area contributed by atoms with E-state index in [1.165, 1.54) is 6.07 Å². The van der Waals surface area contributed by atoms with E-state index in [1.54, 1.807) is 42.5 Å². The smallest absolute Gasteiger partial charge is 0.291 e. The van der Waals surface area contributed by atoms with Crippen molar-refractivity contribution in [2.45, 2.75) is 13.5 Å². The number of rotatable bonds is 6. The van der Waals surface area contributed by atoms with Crippen molar-refractivity contribution in [2.24, 2.45) is 0 Å². The Balaban J connectivity index is 1.65. The van der Waals surface area contributed by atoms with E-state index in [4.69, 9.17) is 0 Å². The highest BCUT2D eigenvalue weighted by molar-refractivity contribution is 6.04. The maximum atomic E-state index is 13.1. The number of anilines is 2. The van der Waals surface area contributed by atoms with Crippen LogP contribution in [0.2, 0.25) is 0 Å². The molecule has 0 saturated heterocycles. The lowest BCUT2D eigenvalue weighted by atomic mass is 10.1. The molecule has 4 rings (SSSR count). The summed E-state index contributed by atoms with van der Waals surface area (Å²) < 4.78 is 1.06. The molecule has 0 bridgehead atoms. The van der Waals surface area contributed by atoms with Crippen molar-refractivity contribution in [3.63, 3.8) is 0 Å². The maximum absolute atomic E-state index is 13.1. The Morgan fingerprint density at radius 2 is 1.48 bits per heavy atom. The molecule has 7 nitrogen and oxygen atoms in total. The molecule has 33 heavy (non-hydrogen) atoms. The van der Waals surface area contributed by atoms with E-state index < -0.39 is 17.4 Å². The fourth-order valence-electron chi connectivity index (χ4n) is 3.25. The highest BCUT2D eigenvalue weighted by Crippen LogP contribution is 2.18. The molecule has 0 radical (unpaired) electrons. The summed E-state index contributed by atoms with van der Waals surface area (Å²) in [6.07, 6.45) is 0. The molecule has 0 spiro atoms. The SMILES string of the molecule is Cc1ccc(NC(=O)Cn2nc(-c3ccccc3)cc(NC(=O)c3ccccc3)c2=O)cc1. The van der Waals surface area contributed by atoms with Gasteiger partial charge in [-0.15, -0.1) is 0 Å². The summed E-state index contributed by atoms with van der Waals surface area (Å²) in [5.41, 5.74) is 2.79. The fourth-order valence-corrected chi connectivity index (χ4v) is 3.25. The molecule has 0 aliphatic carbocycles. The summed E-state index contributed by atoms with van der Waals surface area (Å²) in [4.78, 5) is 38.3. The van der Waals surface area contributed by atoms with Gasteiger partial charge in [0.2, 0.25) is 5.91 Å². The zero-order valence-corrected chi connectivity index (χ0v) is 18.0. The highest BCUT2D eigenvalue weighted by atomic mass is 16.2. The second-order valence-corrected chi connectivity index (χ2v) is 7.51. The Morgan fingerprint density at radius 1 is 0.848 bits per heavy atom. The molecule has 0 unspecified atom stereocenters. The molecule has 7 heteroatoms. The van der Waals surface area contributed by atoms with Crippen molar-refractivity contribution < 1.29 is 9.59 Å². The first kappa shape index (κ1) is 21.7. The van der Waals surface area contributed by atoms with Crippen LogP contribution in [-0.2, 0) is 11.3 Å². The third-order valence-corrected chi connectivity index (χ3v) is 4.96. The van der Waals surface area contributed by atoms with Crippen LogP contribution in [0.1, 0.15) is 15.9 Å². The Labute approximate surface area is 190 Å². The molecule has 0 fully saturated rings. The van der Waals surface area contributed by atoms with Gasteiger partial charge in [-0.1, -0.05) is 66.2 Å². The molecule has 1 aromatic heterocycles. The fraction of sp³-hybridized carbons (Fsp3) is 0.0769. The van der Waals surface area contributed by atoms with Gasteiger partial charge in [-0.3, -0.25) is 14.4 Å². The molecule has 164 valence electrons. The van der Waals surface area contributed by atoms with Gasteiger partial charge in [0.15, 0.2) is 0 Å². The number of hydrogen-bond donors (Lipinski definition) is 2. The van der Waals surface area contributed by atoms with E-state index in [-0.39, 0.29) is 12.2 Å². The number of aryl methyl sites for hydroxylation is 1. The summed E-state index contributed by atoms with van der Waals surface area (Å²) in [6.45, 7) is 1.65. The topological polar surface area (TPSA) is 93.1 Å². The van der Waals surface area contributed by atoms with Crippen LogP contribution >= 0.6 is 0 Å².